The van der Waals surface area contributed by atoms with Gasteiger partial charge in [0.25, 0.3) is 0 Å². The van der Waals surface area contributed by atoms with Crippen LogP contribution >= 0.6 is 0 Å². The van der Waals surface area contributed by atoms with Crippen LogP contribution in [0, 0.1) is 0 Å². The number of rotatable bonds is 8. The van der Waals surface area contributed by atoms with E-state index in [-0.39, 0.29) is 31.0 Å². The predicted molar refractivity (Wildman–Crippen MR) is 96.7 cm³/mol. The van der Waals surface area contributed by atoms with Gasteiger partial charge in [-0.1, -0.05) is 31.4 Å². The number of urea groups is 1. The van der Waals surface area contributed by atoms with E-state index in [2.05, 4.69) is 16.0 Å². The number of aliphatic hydroxyl groups is 1. The van der Waals surface area contributed by atoms with E-state index in [4.69, 9.17) is 9.47 Å². The summed E-state index contributed by atoms with van der Waals surface area (Å²) in [4.78, 5) is 24.0. The van der Waals surface area contributed by atoms with E-state index >= 15 is 0 Å². The average molecular weight is 369 g/mol. The molecule has 1 heterocycles. The van der Waals surface area contributed by atoms with E-state index < -0.39 is 18.2 Å². The number of hydrogen-bond donors (Lipinski definition) is 4. The van der Waals surface area contributed by atoms with Crippen LogP contribution in [0.15, 0.2) is 12.2 Å². The second-order valence-electron chi connectivity index (χ2n) is 6.81. The number of aliphatic hydroxyl groups excluding tert-OH is 1. The smallest absolute Gasteiger partial charge is 0.315 e. The fourth-order valence-corrected chi connectivity index (χ4v) is 3.31. The minimum atomic E-state index is -0.575. The Balaban J connectivity index is 1.78. The van der Waals surface area contributed by atoms with Gasteiger partial charge in [-0.3, -0.25) is 4.79 Å². The van der Waals surface area contributed by atoms with Crippen LogP contribution < -0.4 is 16.0 Å². The van der Waals surface area contributed by atoms with E-state index in [1.54, 1.807) is 19.3 Å². The Morgan fingerprint density at radius 3 is 2.65 bits per heavy atom. The zero-order valence-corrected chi connectivity index (χ0v) is 15.4. The van der Waals surface area contributed by atoms with Crippen LogP contribution in [0.1, 0.15) is 38.5 Å². The van der Waals surface area contributed by atoms with Gasteiger partial charge in [0.05, 0.1) is 31.8 Å². The number of methoxy groups -OCH3 is 1. The van der Waals surface area contributed by atoms with Crippen LogP contribution in [-0.4, -0.2) is 68.2 Å². The molecular formula is C18H31N3O5. The van der Waals surface area contributed by atoms with Crippen molar-refractivity contribution in [3.05, 3.63) is 12.2 Å². The molecule has 0 saturated heterocycles. The lowest BCUT2D eigenvalue weighted by Crippen LogP contribution is -2.53. The van der Waals surface area contributed by atoms with Gasteiger partial charge in [-0.2, -0.15) is 0 Å². The van der Waals surface area contributed by atoms with Gasteiger partial charge < -0.3 is 30.5 Å². The molecular weight excluding hydrogens is 338 g/mol. The molecule has 4 N–H and O–H groups in total. The number of hydrogen-bond acceptors (Lipinski definition) is 5. The molecule has 0 radical (unpaired) electrons. The van der Waals surface area contributed by atoms with Gasteiger partial charge in [0, 0.05) is 19.7 Å². The van der Waals surface area contributed by atoms with Crippen LogP contribution in [0.3, 0.4) is 0 Å². The number of ether oxygens (including phenoxy) is 2. The summed E-state index contributed by atoms with van der Waals surface area (Å²) in [6.45, 7) is 0.662. The first-order valence-corrected chi connectivity index (χ1v) is 9.39. The van der Waals surface area contributed by atoms with Gasteiger partial charge in [-0.05, 0) is 12.8 Å². The molecule has 2 aliphatic rings. The molecule has 0 spiro atoms. The number of nitrogens with one attached hydrogen (secondary N) is 3. The van der Waals surface area contributed by atoms with Crippen molar-refractivity contribution in [2.45, 2.75) is 62.8 Å². The standard InChI is InChI=1S/C18H31N3O5/c1-25-10-9-19-17(23)11-14-7-8-15(16(12-22)26-14)21-18(24)20-13-5-3-2-4-6-13/h7-8,13-16,22H,2-6,9-12H2,1H3,(H,19,23)(H2,20,21,24)/t14-,15+,16-/m1/s1. The minimum Gasteiger partial charge on any atom is -0.394 e. The monoisotopic (exact) mass is 369 g/mol. The molecule has 0 unspecified atom stereocenters. The lowest BCUT2D eigenvalue weighted by molar-refractivity contribution is -0.125. The molecule has 3 atom stereocenters. The second kappa shape index (κ2) is 11.2. The molecule has 1 aliphatic heterocycles. The minimum absolute atomic E-state index is 0.144. The third-order valence-corrected chi connectivity index (χ3v) is 4.72. The van der Waals surface area contributed by atoms with Crippen molar-refractivity contribution >= 4 is 11.9 Å². The van der Waals surface area contributed by atoms with E-state index in [1.807, 2.05) is 0 Å². The molecule has 2 rings (SSSR count). The van der Waals surface area contributed by atoms with E-state index in [9.17, 15) is 14.7 Å². The highest BCUT2D eigenvalue weighted by molar-refractivity contribution is 5.77. The lowest BCUT2D eigenvalue weighted by atomic mass is 9.96. The molecule has 3 amide bonds. The Bertz CT molecular complexity index is 479. The summed E-state index contributed by atoms with van der Waals surface area (Å²) in [5.41, 5.74) is 0. The Labute approximate surface area is 154 Å². The summed E-state index contributed by atoms with van der Waals surface area (Å²) in [6.07, 6.45) is 8.25. The van der Waals surface area contributed by atoms with Gasteiger partial charge in [0.1, 0.15) is 6.10 Å². The Hall–Kier alpha value is -1.64. The Morgan fingerprint density at radius 1 is 1.19 bits per heavy atom. The number of amides is 3. The molecule has 1 fully saturated rings. The van der Waals surface area contributed by atoms with Crippen molar-refractivity contribution < 1.29 is 24.2 Å². The summed E-state index contributed by atoms with van der Waals surface area (Å²) in [5.74, 6) is -0.144. The van der Waals surface area contributed by atoms with Crippen molar-refractivity contribution in [1.29, 1.82) is 0 Å². The van der Waals surface area contributed by atoms with E-state index in [0.717, 1.165) is 25.7 Å². The van der Waals surface area contributed by atoms with Gasteiger partial charge in [-0.25, -0.2) is 4.79 Å². The third-order valence-electron chi connectivity index (χ3n) is 4.72. The van der Waals surface area contributed by atoms with Crippen LogP contribution in [-0.2, 0) is 14.3 Å². The van der Waals surface area contributed by atoms with Gasteiger partial charge >= 0.3 is 6.03 Å². The molecule has 8 heteroatoms. The van der Waals surface area contributed by atoms with Crippen molar-refractivity contribution in [3.8, 4) is 0 Å². The summed E-state index contributed by atoms with van der Waals surface area (Å²) >= 11 is 0. The number of carbonyl (C=O) groups is 2. The summed E-state index contributed by atoms with van der Waals surface area (Å²) in [5, 5.41) is 18.1. The SMILES string of the molecule is COCCNC(=O)C[C@H]1C=C[C@H](NC(=O)NC2CCCCC2)[C@@H](CO)O1. The van der Waals surface area contributed by atoms with Gasteiger partial charge in [0.2, 0.25) is 5.91 Å². The maximum Gasteiger partial charge on any atom is 0.315 e. The topological polar surface area (TPSA) is 109 Å². The zero-order chi connectivity index (χ0) is 18.8. The van der Waals surface area contributed by atoms with Crippen molar-refractivity contribution in [3.63, 3.8) is 0 Å². The summed E-state index contributed by atoms with van der Waals surface area (Å²) in [6, 6.07) is -0.450. The van der Waals surface area contributed by atoms with Crippen LogP contribution in [0.4, 0.5) is 4.79 Å². The second-order valence-corrected chi connectivity index (χ2v) is 6.81. The molecule has 1 saturated carbocycles. The molecule has 26 heavy (non-hydrogen) atoms. The highest BCUT2D eigenvalue weighted by Gasteiger charge is 2.29. The van der Waals surface area contributed by atoms with Crippen molar-refractivity contribution in [1.82, 2.24) is 16.0 Å². The number of carbonyl (C=O) groups excluding carboxylic acids is 2. The lowest BCUT2D eigenvalue weighted by Gasteiger charge is -2.32. The first-order valence-electron chi connectivity index (χ1n) is 9.39. The van der Waals surface area contributed by atoms with E-state index in [1.165, 1.54) is 6.42 Å². The van der Waals surface area contributed by atoms with Gasteiger partial charge in [0.15, 0.2) is 0 Å². The predicted octanol–water partition coefficient (Wildman–Crippen LogP) is 0.456. The van der Waals surface area contributed by atoms with Crippen molar-refractivity contribution in [2.24, 2.45) is 0 Å². The van der Waals surface area contributed by atoms with Gasteiger partial charge in [-0.15, -0.1) is 0 Å². The van der Waals surface area contributed by atoms with Crippen LogP contribution in [0.5, 0.6) is 0 Å². The summed E-state index contributed by atoms with van der Waals surface area (Å²) in [7, 11) is 1.57. The fourth-order valence-electron chi connectivity index (χ4n) is 3.31. The molecule has 8 nitrogen and oxygen atoms in total. The molecule has 0 bridgehead atoms. The quantitative estimate of drug-likeness (QED) is 0.367. The molecule has 148 valence electrons. The summed E-state index contributed by atoms with van der Waals surface area (Å²) < 4.78 is 10.6. The Kier molecular flexibility index (Phi) is 8.87. The largest absolute Gasteiger partial charge is 0.394 e. The maximum absolute atomic E-state index is 12.2. The van der Waals surface area contributed by atoms with Crippen molar-refractivity contribution in [2.75, 3.05) is 26.9 Å². The molecule has 1 aliphatic carbocycles. The molecule has 0 aromatic heterocycles. The Morgan fingerprint density at radius 2 is 1.96 bits per heavy atom. The van der Waals surface area contributed by atoms with Crippen LogP contribution in [0.2, 0.25) is 0 Å². The highest BCUT2D eigenvalue weighted by Crippen LogP contribution is 2.18. The third kappa shape index (κ3) is 6.93. The maximum atomic E-state index is 12.2. The zero-order valence-electron chi connectivity index (χ0n) is 15.4. The first kappa shape index (κ1) is 20.7. The van der Waals surface area contributed by atoms with E-state index in [0.29, 0.717) is 13.2 Å². The normalized spacial score (nSPS) is 26.3. The average Bonchev–Trinajstić information content (AvgIpc) is 2.64. The first-order chi connectivity index (χ1) is 12.6. The fraction of sp³-hybridized carbons (Fsp3) is 0.778. The molecule has 0 aromatic rings. The molecule has 0 aromatic carbocycles. The van der Waals surface area contributed by atoms with Crippen LogP contribution in [0.25, 0.3) is 0 Å². The highest BCUT2D eigenvalue weighted by atomic mass is 16.5.